The van der Waals surface area contributed by atoms with Gasteiger partial charge < -0.3 is 25.0 Å². The molecule has 2 aromatic rings. The fraction of sp³-hybridized carbons (Fsp3) is 0.231. The minimum absolute atomic E-state index is 0. The third-order valence-electron chi connectivity index (χ3n) is 2.15. The fourth-order valence-electron chi connectivity index (χ4n) is 1.22. The number of ether oxygens (including phenoxy) is 1. The van der Waals surface area contributed by atoms with E-state index in [9.17, 15) is 4.79 Å². The van der Waals surface area contributed by atoms with E-state index in [0.29, 0.717) is 6.42 Å². The van der Waals surface area contributed by atoms with Crippen LogP contribution in [0.25, 0.3) is 0 Å². The van der Waals surface area contributed by atoms with Crippen LogP contribution in [0, 0.1) is 0 Å². The molecule has 1 heterocycles. The van der Waals surface area contributed by atoms with Gasteiger partial charge in [0, 0.05) is 12.4 Å². The lowest BCUT2D eigenvalue weighted by molar-refractivity contribution is 0.0504. The van der Waals surface area contributed by atoms with E-state index in [1.165, 1.54) is 0 Å². The van der Waals surface area contributed by atoms with Crippen molar-refractivity contribution in [2.45, 2.75) is 13.3 Å². The molecule has 0 bridgehead atoms. The van der Waals surface area contributed by atoms with Crippen LogP contribution in [0.1, 0.15) is 23.7 Å². The highest BCUT2D eigenvalue weighted by molar-refractivity contribution is 5.91. The maximum atomic E-state index is 11.3. The van der Waals surface area contributed by atoms with Crippen LogP contribution in [0.2, 0.25) is 0 Å². The van der Waals surface area contributed by atoms with Crippen LogP contribution in [0.15, 0.2) is 30.9 Å². The molecule has 0 fully saturated rings. The Balaban J connectivity index is 0.000000562. The number of hydrogen-bond donors (Lipinski definition) is 4. The number of aromatic amines is 1. The Hall–Kier alpha value is -2.41. The summed E-state index contributed by atoms with van der Waals surface area (Å²) >= 11 is 0. The van der Waals surface area contributed by atoms with Crippen molar-refractivity contribution >= 4 is 18.4 Å². The number of H-pyrrole nitrogens is 1. The number of phenolic OH excluding ortho intramolecular Hbond substituents is 3. The number of aromatic nitrogens is 2. The van der Waals surface area contributed by atoms with E-state index in [4.69, 9.17) is 20.1 Å². The van der Waals surface area contributed by atoms with E-state index in [2.05, 4.69) is 9.97 Å². The molecule has 0 unspecified atom stereocenters. The van der Waals surface area contributed by atoms with Crippen molar-refractivity contribution < 1.29 is 24.9 Å². The van der Waals surface area contributed by atoms with Gasteiger partial charge in [0.1, 0.15) is 0 Å². The average molecular weight is 317 g/mol. The number of carbonyl (C=O) groups excluding carboxylic acids is 1. The number of nitrogens with one attached hydrogen (secondary N) is 1. The first-order chi connectivity index (χ1) is 9.56. The van der Waals surface area contributed by atoms with E-state index in [-0.39, 0.29) is 24.6 Å². The minimum atomic E-state index is -0.651. The second-order valence-corrected chi connectivity index (χ2v) is 3.76. The molecule has 2 rings (SSSR count). The third kappa shape index (κ3) is 6.05. The Kier molecular flexibility index (Phi) is 8.40. The zero-order valence-corrected chi connectivity index (χ0v) is 12.1. The summed E-state index contributed by atoms with van der Waals surface area (Å²) in [5, 5.41) is 27.3. The zero-order chi connectivity index (χ0) is 15.0. The molecule has 0 amide bonds. The Bertz CT molecular complexity index is 505. The molecule has 116 valence electrons. The standard InChI is InChI=1S/C10H12O5.C3H4N2.ClH/c1-2-3-15-10(14)6-4-7(11)9(13)8(12)5-6;1-2-5-3-4-1;/h4-5,11-13H,2-3H2,1H3;1-3H,(H,4,5);1H. The van der Waals surface area contributed by atoms with Gasteiger partial charge in [0.05, 0.1) is 18.5 Å². The van der Waals surface area contributed by atoms with Crippen LogP contribution in [-0.2, 0) is 4.74 Å². The van der Waals surface area contributed by atoms with Gasteiger partial charge in [-0.2, -0.15) is 0 Å². The first-order valence-corrected chi connectivity index (χ1v) is 5.91. The normalized spacial score (nSPS) is 9.00. The van der Waals surface area contributed by atoms with Gasteiger partial charge in [-0.05, 0) is 18.6 Å². The predicted octanol–water partition coefficient (Wildman–Crippen LogP) is 2.20. The number of nitrogens with zero attached hydrogens (tertiary/aromatic N) is 1. The van der Waals surface area contributed by atoms with E-state index in [1.807, 2.05) is 6.92 Å². The number of benzene rings is 1. The molecule has 1 aromatic heterocycles. The van der Waals surface area contributed by atoms with Crippen molar-refractivity contribution in [2.24, 2.45) is 0 Å². The predicted molar refractivity (Wildman–Crippen MR) is 77.8 cm³/mol. The van der Waals surface area contributed by atoms with E-state index >= 15 is 0 Å². The van der Waals surface area contributed by atoms with Crippen LogP contribution in [0.5, 0.6) is 17.2 Å². The van der Waals surface area contributed by atoms with Crippen LogP contribution >= 0.6 is 12.4 Å². The Morgan fingerprint density at radius 3 is 2.29 bits per heavy atom. The number of phenols is 3. The summed E-state index contributed by atoms with van der Waals surface area (Å²) in [4.78, 5) is 17.7. The summed E-state index contributed by atoms with van der Waals surface area (Å²) in [5.41, 5.74) is -0.00347. The molecule has 0 saturated carbocycles. The highest BCUT2D eigenvalue weighted by Gasteiger charge is 2.13. The van der Waals surface area contributed by atoms with Gasteiger partial charge >= 0.3 is 5.97 Å². The smallest absolute Gasteiger partial charge is 0.338 e. The van der Waals surface area contributed by atoms with Crippen LogP contribution in [-0.4, -0.2) is 37.9 Å². The lowest BCUT2D eigenvalue weighted by atomic mass is 10.2. The monoisotopic (exact) mass is 316 g/mol. The molecular formula is C13H17ClN2O5. The molecule has 4 N–H and O–H groups in total. The summed E-state index contributed by atoms with van der Waals surface area (Å²) in [6.45, 7) is 2.11. The Morgan fingerprint density at radius 2 is 1.90 bits per heavy atom. The number of esters is 1. The average Bonchev–Trinajstić information content (AvgIpc) is 3.00. The van der Waals surface area contributed by atoms with Crippen molar-refractivity contribution in [1.29, 1.82) is 0 Å². The number of hydrogen-bond acceptors (Lipinski definition) is 6. The topological polar surface area (TPSA) is 116 Å². The zero-order valence-electron chi connectivity index (χ0n) is 11.3. The molecule has 0 aliphatic heterocycles. The fourth-order valence-corrected chi connectivity index (χ4v) is 1.22. The molecule has 7 nitrogen and oxygen atoms in total. The molecule has 0 aliphatic carbocycles. The number of halogens is 1. The lowest BCUT2D eigenvalue weighted by Crippen LogP contribution is -2.05. The number of imidazole rings is 1. The molecule has 21 heavy (non-hydrogen) atoms. The number of aromatic hydroxyl groups is 3. The van der Waals surface area contributed by atoms with Gasteiger partial charge in [-0.25, -0.2) is 9.78 Å². The largest absolute Gasteiger partial charge is 0.504 e. The first kappa shape index (κ1) is 18.6. The SMILES string of the molecule is CCCOC(=O)c1cc(O)c(O)c(O)c1.Cl.c1c[nH]cn1. The van der Waals surface area contributed by atoms with Gasteiger partial charge in [0.25, 0.3) is 0 Å². The summed E-state index contributed by atoms with van der Waals surface area (Å²) in [6.07, 6.45) is 5.77. The Morgan fingerprint density at radius 1 is 1.29 bits per heavy atom. The maximum absolute atomic E-state index is 11.3. The van der Waals surface area contributed by atoms with Crippen molar-refractivity contribution in [2.75, 3.05) is 6.61 Å². The molecule has 8 heteroatoms. The molecule has 0 spiro atoms. The van der Waals surface area contributed by atoms with Crippen molar-refractivity contribution in [3.63, 3.8) is 0 Å². The summed E-state index contributed by atoms with van der Waals surface area (Å²) in [5.74, 6) is -2.42. The summed E-state index contributed by atoms with van der Waals surface area (Å²) < 4.78 is 4.78. The van der Waals surface area contributed by atoms with Crippen LogP contribution in [0.4, 0.5) is 0 Å². The maximum Gasteiger partial charge on any atom is 0.338 e. The van der Waals surface area contributed by atoms with Gasteiger partial charge in [0.15, 0.2) is 17.2 Å². The third-order valence-corrected chi connectivity index (χ3v) is 2.15. The molecule has 0 radical (unpaired) electrons. The lowest BCUT2D eigenvalue weighted by Gasteiger charge is -2.05. The molecule has 0 aliphatic rings. The van der Waals surface area contributed by atoms with Gasteiger partial charge in [-0.3, -0.25) is 0 Å². The summed E-state index contributed by atoms with van der Waals surface area (Å²) in [7, 11) is 0. The van der Waals surface area contributed by atoms with E-state index in [1.54, 1.807) is 18.7 Å². The highest BCUT2D eigenvalue weighted by atomic mass is 35.5. The van der Waals surface area contributed by atoms with Crippen LogP contribution in [0.3, 0.4) is 0 Å². The highest BCUT2D eigenvalue weighted by Crippen LogP contribution is 2.35. The van der Waals surface area contributed by atoms with Gasteiger partial charge in [0.2, 0.25) is 0 Å². The molecule has 0 saturated heterocycles. The number of carbonyl (C=O) groups is 1. The first-order valence-electron chi connectivity index (χ1n) is 5.91. The van der Waals surface area contributed by atoms with Crippen molar-refractivity contribution in [1.82, 2.24) is 9.97 Å². The summed E-state index contributed by atoms with van der Waals surface area (Å²) in [6, 6.07) is 2.07. The van der Waals surface area contributed by atoms with Gasteiger partial charge in [-0.15, -0.1) is 12.4 Å². The number of rotatable bonds is 3. The second kappa shape index (κ2) is 9.49. The molecular weight excluding hydrogens is 300 g/mol. The second-order valence-electron chi connectivity index (χ2n) is 3.76. The molecule has 1 aromatic carbocycles. The van der Waals surface area contributed by atoms with E-state index in [0.717, 1.165) is 12.1 Å². The van der Waals surface area contributed by atoms with Crippen molar-refractivity contribution in [3.8, 4) is 17.2 Å². The Labute approximate surface area is 127 Å². The quantitative estimate of drug-likeness (QED) is 0.509. The molecule has 0 atom stereocenters. The van der Waals surface area contributed by atoms with Crippen LogP contribution < -0.4 is 0 Å². The minimum Gasteiger partial charge on any atom is -0.504 e. The van der Waals surface area contributed by atoms with Gasteiger partial charge in [-0.1, -0.05) is 6.92 Å². The van der Waals surface area contributed by atoms with Crippen molar-refractivity contribution in [3.05, 3.63) is 36.4 Å². The van der Waals surface area contributed by atoms with E-state index < -0.39 is 23.2 Å².